The summed E-state index contributed by atoms with van der Waals surface area (Å²) in [5, 5.41) is 0.922. The van der Waals surface area contributed by atoms with Crippen LogP contribution < -0.4 is 0 Å². The van der Waals surface area contributed by atoms with E-state index in [1.54, 1.807) is 0 Å². The zero-order valence-corrected chi connectivity index (χ0v) is 6.94. The molecule has 2 rings (SSSR count). The van der Waals surface area contributed by atoms with Gasteiger partial charge in [0.2, 0.25) is 0 Å². The van der Waals surface area contributed by atoms with Crippen molar-refractivity contribution in [2.45, 2.75) is 30.9 Å². The second kappa shape index (κ2) is 2.95. The Hall–Kier alpha value is 0.0200. The van der Waals surface area contributed by atoms with Crippen LogP contribution in [-0.4, -0.2) is 17.3 Å². The average Bonchev–Trinajstić information content (AvgIpc) is 2.05. The van der Waals surface area contributed by atoms with Crippen molar-refractivity contribution in [3.8, 4) is 0 Å². The number of rotatable bonds is 0. The Balaban J connectivity index is 2.01. The van der Waals surface area contributed by atoms with E-state index in [0.717, 1.165) is 17.7 Å². The third kappa shape index (κ3) is 1.22. The normalized spacial score (nSPS) is 39.2. The summed E-state index contributed by atoms with van der Waals surface area (Å²) in [7, 11) is 0. The first-order valence-corrected chi connectivity index (χ1v) is 5.05. The monoisotopic (exact) mass is 155 g/mol. The van der Waals surface area contributed by atoms with Crippen LogP contribution in [0.4, 0.5) is 0 Å². The Morgan fingerprint density at radius 3 is 3.10 bits per heavy atom. The molecule has 0 saturated heterocycles. The first-order valence-electron chi connectivity index (χ1n) is 4.10. The number of nitrogens with zero attached hydrogens (tertiary/aromatic N) is 1. The third-order valence-corrected chi connectivity index (χ3v) is 3.73. The summed E-state index contributed by atoms with van der Waals surface area (Å²) >= 11 is 1.96. The Labute approximate surface area is 66.3 Å². The van der Waals surface area contributed by atoms with E-state index in [0.29, 0.717) is 0 Å². The highest BCUT2D eigenvalue weighted by molar-refractivity contribution is 8.12. The van der Waals surface area contributed by atoms with Crippen LogP contribution in [0.25, 0.3) is 0 Å². The molecule has 10 heavy (non-hydrogen) atoms. The fourth-order valence-electron chi connectivity index (χ4n) is 1.86. The second-order valence-corrected chi connectivity index (χ2v) is 4.28. The van der Waals surface area contributed by atoms with Crippen LogP contribution in [0, 0.1) is 5.92 Å². The van der Waals surface area contributed by atoms with E-state index in [9.17, 15) is 0 Å². The topological polar surface area (TPSA) is 12.4 Å². The zero-order chi connectivity index (χ0) is 6.81. The standard InChI is InChI=1S/C8H13NS/c1-2-4-8-7(3-1)5-9-6-10-8/h6-8H,1-5H2/t7-,8+/m1/s1. The molecule has 0 radical (unpaired) electrons. The first kappa shape index (κ1) is 6.71. The number of thioether (sulfide) groups is 1. The molecule has 0 aromatic rings. The van der Waals surface area contributed by atoms with Gasteiger partial charge in [0.25, 0.3) is 0 Å². The van der Waals surface area contributed by atoms with E-state index in [1.807, 2.05) is 17.3 Å². The van der Waals surface area contributed by atoms with Crippen LogP contribution in [-0.2, 0) is 0 Å². The van der Waals surface area contributed by atoms with Crippen LogP contribution in [0.3, 0.4) is 0 Å². The van der Waals surface area contributed by atoms with Crippen molar-refractivity contribution in [1.82, 2.24) is 0 Å². The van der Waals surface area contributed by atoms with Gasteiger partial charge in [-0.05, 0) is 18.8 Å². The van der Waals surface area contributed by atoms with Crippen LogP contribution in [0.15, 0.2) is 4.99 Å². The average molecular weight is 155 g/mol. The molecule has 1 fully saturated rings. The molecule has 1 aliphatic heterocycles. The molecule has 0 spiro atoms. The molecule has 0 aromatic carbocycles. The van der Waals surface area contributed by atoms with Gasteiger partial charge >= 0.3 is 0 Å². The minimum absolute atomic E-state index is 0.920. The lowest BCUT2D eigenvalue weighted by Gasteiger charge is -2.31. The lowest BCUT2D eigenvalue weighted by molar-refractivity contribution is 0.378. The van der Waals surface area contributed by atoms with E-state index < -0.39 is 0 Å². The van der Waals surface area contributed by atoms with Gasteiger partial charge in [0.15, 0.2) is 0 Å². The van der Waals surface area contributed by atoms with E-state index in [-0.39, 0.29) is 0 Å². The fraction of sp³-hybridized carbons (Fsp3) is 0.875. The van der Waals surface area contributed by atoms with Gasteiger partial charge in [0, 0.05) is 11.8 Å². The van der Waals surface area contributed by atoms with Crippen molar-refractivity contribution in [2.75, 3.05) is 6.54 Å². The summed E-state index contributed by atoms with van der Waals surface area (Å²) in [5.41, 5.74) is 2.05. The lowest BCUT2D eigenvalue weighted by Crippen LogP contribution is -2.26. The highest BCUT2D eigenvalue weighted by Crippen LogP contribution is 2.34. The van der Waals surface area contributed by atoms with Crippen molar-refractivity contribution < 1.29 is 0 Å². The molecule has 1 heterocycles. The van der Waals surface area contributed by atoms with Gasteiger partial charge in [0.05, 0.1) is 5.55 Å². The molecule has 1 saturated carbocycles. The van der Waals surface area contributed by atoms with E-state index >= 15 is 0 Å². The van der Waals surface area contributed by atoms with Gasteiger partial charge < -0.3 is 0 Å². The number of aliphatic imine (C=N–C) groups is 1. The summed E-state index contributed by atoms with van der Waals surface area (Å²) in [5.74, 6) is 0.920. The van der Waals surface area contributed by atoms with E-state index in [4.69, 9.17) is 0 Å². The minimum atomic E-state index is 0.920. The first-order chi connectivity index (χ1) is 4.97. The van der Waals surface area contributed by atoms with E-state index in [1.165, 1.54) is 25.7 Å². The third-order valence-electron chi connectivity index (χ3n) is 2.49. The minimum Gasteiger partial charge on any atom is -0.286 e. The summed E-state index contributed by atoms with van der Waals surface area (Å²) < 4.78 is 0. The second-order valence-electron chi connectivity index (χ2n) is 3.19. The molecule has 1 aliphatic carbocycles. The van der Waals surface area contributed by atoms with Crippen LogP contribution >= 0.6 is 11.8 Å². The quantitative estimate of drug-likeness (QED) is 0.523. The molecule has 2 aliphatic rings. The van der Waals surface area contributed by atoms with Gasteiger partial charge in [-0.15, -0.1) is 11.8 Å². The van der Waals surface area contributed by atoms with Crippen LogP contribution in [0.5, 0.6) is 0 Å². The molecule has 0 aromatic heterocycles. The van der Waals surface area contributed by atoms with Gasteiger partial charge in [-0.3, -0.25) is 4.99 Å². The van der Waals surface area contributed by atoms with Crippen molar-refractivity contribution in [1.29, 1.82) is 0 Å². The largest absolute Gasteiger partial charge is 0.286 e. The SMILES string of the molecule is C1=NC[C@H]2CCCC[C@@H]2S1. The fourth-order valence-corrected chi connectivity index (χ4v) is 2.94. The molecule has 0 unspecified atom stereocenters. The molecule has 1 nitrogen and oxygen atoms in total. The molecule has 2 atom stereocenters. The maximum Gasteiger partial charge on any atom is 0.0544 e. The molecular formula is C8H13NS. The molecule has 2 heteroatoms. The van der Waals surface area contributed by atoms with Gasteiger partial charge in [-0.2, -0.15) is 0 Å². The Morgan fingerprint density at radius 1 is 1.30 bits per heavy atom. The van der Waals surface area contributed by atoms with Gasteiger partial charge in [0.1, 0.15) is 0 Å². The predicted octanol–water partition coefficient (Wildman–Crippen LogP) is 2.32. The van der Waals surface area contributed by atoms with Crippen molar-refractivity contribution in [3.05, 3.63) is 0 Å². The van der Waals surface area contributed by atoms with Gasteiger partial charge in [-0.25, -0.2) is 0 Å². The molecule has 56 valence electrons. The molecule has 0 bridgehead atoms. The van der Waals surface area contributed by atoms with Crippen LogP contribution in [0.2, 0.25) is 0 Å². The summed E-state index contributed by atoms with van der Waals surface area (Å²) in [4.78, 5) is 4.30. The summed E-state index contributed by atoms with van der Waals surface area (Å²) in [6, 6.07) is 0. The Morgan fingerprint density at radius 2 is 2.20 bits per heavy atom. The van der Waals surface area contributed by atoms with Crippen molar-refractivity contribution in [2.24, 2.45) is 10.9 Å². The number of hydrogen-bond acceptors (Lipinski definition) is 2. The number of hydrogen-bond donors (Lipinski definition) is 0. The predicted molar refractivity (Wildman–Crippen MR) is 46.7 cm³/mol. The summed E-state index contributed by atoms with van der Waals surface area (Å²) in [6.07, 6.45) is 5.75. The molecular weight excluding hydrogens is 142 g/mol. The maximum absolute atomic E-state index is 4.30. The maximum atomic E-state index is 4.30. The zero-order valence-electron chi connectivity index (χ0n) is 6.12. The van der Waals surface area contributed by atoms with Crippen LogP contribution in [0.1, 0.15) is 25.7 Å². The van der Waals surface area contributed by atoms with Gasteiger partial charge in [-0.1, -0.05) is 12.8 Å². The summed E-state index contributed by atoms with van der Waals surface area (Å²) in [6.45, 7) is 1.11. The van der Waals surface area contributed by atoms with E-state index in [2.05, 4.69) is 4.99 Å². The Kier molecular flexibility index (Phi) is 1.98. The Bertz CT molecular complexity index is 128. The highest BCUT2D eigenvalue weighted by Gasteiger charge is 2.26. The lowest BCUT2D eigenvalue weighted by atomic mass is 9.89. The van der Waals surface area contributed by atoms with Crippen molar-refractivity contribution >= 4 is 17.3 Å². The highest BCUT2D eigenvalue weighted by atomic mass is 32.2. The number of fused-ring (bicyclic) bond motifs is 1. The van der Waals surface area contributed by atoms with Crippen molar-refractivity contribution in [3.63, 3.8) is 0 Å². The molecule has 0 amide bonds. The molecule has 0 N–H and O–H groups in total. The smallest absolute Gasteiger partial charge is 0.0544 e.